The zero-order valence-corrected chi connectivity index (χ0v) is 13.2. The van der Waals surface area contributed by atoms with Gasteiger partial charge >= 0.3 is 6.03 Å². The van der Waals surface area contributed by atoms with Crippen molar-refractivity contribution in [2.24, 2.45) is 11.7 Å². The SMILES string of the molecule is CSc1cccc(C)c1NC(=O)N1CCC[C@@H](C(N)=O)C1. The van der Waals surface area contributed by atoms with Crippen LogP contribution in [0.1, 0.15) is 18.4 Å². The number of carbonyl (C=O) groups excluding carboxylic acids is 2. The van der Waals surface area contributed by atoms with Gasteiger partial charge in [-0.2, -0.15) is 0 Å². The lowest BCUT2D eigenvalue weighted by atomic mass is 9.98. The molecule has 2 rings (SSSR count). The highest BCUT2D eigenvalue weighted by Gasteiger charge is 2.27. The molecule has 6 heteroatoms. The number of nitrogens with one attached hydrogen (secondary N) is 1. The molecule has 0 aliphatic carbocycles. The Morgan fingerprint density at radius 3 is 2.86 bits per heavy atom. The van der Waals surface area contributed by atoms with E-state index < -0.39 is 0 Å². The number of carbonyl (C=O) groups is 2. The van der Waals surface area contributed by atoms with E-state index in [-0.39, 0.29) is 17.9 Å². The molecule has 0 spiro atoms. The van der Waals surface area contributed by atoms with Crippen molar-refractivity contribution in [1.82, 2.24) is 4.90 Å². The Hall–Kier alpha value is -1.69. The van der Waals surface area contributed by atoms with Crippen LogP contribution in [0.5, 0.6) is 0 Å². The van der Waals surface area contributed by atoms with Crippen molar-refractivity contribution in [3.8, 4) is 0 Å². The molecule has 0 radical (unpaired) electrons. The largest absolute Gasteiger partial charge is 0.369 e. The second-order valence-corrected chi connectivity index (χ2v) is 6.12. The first-order valence-electron chi connectivity index (χ1n) is 7.01. The second-order valence-electron chi connectivity index (χ2n) is 5.27. The second kappa shape index (κ2) is 6.85. The van der Waals surface area contributed by atoms with Crippen LogP contribution in [0.25, 0.3) is 0 Å². The lowest BCUT2D eigenvalue weighted by molar-refractivity contribution is -0.123. The summed E-state index contributed by atoms with van der Waals surface area (Å²) in [4.78, 5) is 26.4. The fourth-order valence-corrected chi connectivity index (χ4v) is 3.18. The van der Waals surface area contributed by atoms with E-state index >= 15 is 0 Å². The van der Waals surface area contributed by atoms with Crippen LogP contribution in [0.2, 0.25) is 0 Å². The average molecular weight is 307 g/mol. The number of aryl methyl sites for hydroxylation is 1. The van der Waals surface area contributed by atoms with Crippen molar-refractivity contribution in [3.63, 3.8) is 0 Å². The number of hydrogen-bond acceptors (Lipinski definition) is 3. The van der Waals surface area contributed by atoms with Gasteiger partial charge in [0.25, 0.3) is 0 Å². The third kappa shape index (κ3) is 3.69. The summed E-state index contributed by atoms with van der Waals surface area (Å²) in [6.07, 6.45) is 3.55. The van der Waals surface area contributed by atoms with Gasteiger partial charge in [0.05, 0.1) is 11.6 Å². The number of hydrogen-bond donors (Lipinski definition) is 2. The molecule has 1 aliphatic rings. The lowest BCUT2D eigenvalue weighted by Gasteiger charge is -2.31. The fourth-order valence-electron chi connectivity index (χ4n) is 2.55. The molecule has 1 fully saturated rings. The first-order valence-corrected chi connectivity index (χ1v) is 8.24. The molecule has 1 aromatic rings. The number of primary amides is 1. The third-order valence-corrected chi connectivity index (χ3v) is 4.58. The monoisotopic (exact) mass is 307 g/mol. The highest BCUT2D eigenvalue weighted by Crippen LogP contribution is 2.29. The number of nitrogens with two attached hydrogens (primary N) is 1. The highest BCUT2D eigenvalue weighted by molar-refractivity contribution is 7.98. The minimum absolute atomic E-state index is 0.162. The van der Waals surface area contributed by atoms with Gasteiger partial charge in [-0.05, 0) is 37.7 Å². The van der Waals surface area contributed by atoms with Crippen LogP contribution in [0, 0.1) is 12.8 Å². The summed E-state index contributed by atoms with van der Waals surface area (Å²) in [5.74, 6) is -0.561. The van der Waals surface area contributed by atoms with Gasteiger partial charge in [-0.25, -0.2) is 4.79 Å². The predicted octanol–water partition coefficient (Wildman–Crippen LogP) is 2.45. The van der Waals surface area contributed by atoms with Crippen LogP contribution >= 0.6 is 11.8 Å². The van der Waals surface area contributed by atoms with Crippen LogP contribution in [-0.2, 0) is 4.79 Å². The number of nitrogens with zero attached hydrogens (tertiary/aromatic N) is 1. The summed E-state index contributed by atoms with van der Waals surface area (Å²) in [7, 11) is 0. The maximum atomic E-state index is 12.4. The van der Waals surface area contributed by atoms with E-state index in [1.807, 2.05) is 31.4 Å². The molecule has 1 heterocycles. The average Bonchev–Trinajstić information content (AvgIpc) is 2.49. The first-order chi connectivity index (χ1) is 10.0. The quantitative estimate of drug-likeness (QED) is 0.842. The molecule has 1 aliphatic heterocycles. The summed E-state index contributed by atoms with van der Waals surface area (Å²) < 4.78 is 0. The van der Waals surface area contributed by atoms with E-state index in [9.17, 15) is 9.59 Å². The number of para-hydroxylation sites is 1. The molecule has 1 saturated heterocycles. The molecule has 1 atom stereocenters. The molecule has 1 aromatic carbocycles. The van der Waals surface area contributed by atoms with Crippen molar-refractivity contribution >= 4 is 29.4 Å². The Balaban J connectivity index is 2.09. The van der Waals surface area contributed by atoms with Gasteiger partial charge < -0.3 is 16.0 Å². The van der Waals surface area contributed by atoms with E-state index in [4.69, 9.17) is 5.73 Å². The van der Waals surface area contributed by atoms with Gasteiger partial charge in [-0.15, -0.1) is 11.8 Å². The van der Waals surface area contributed by atoms with E-state index in [2.05, 4.69) is 5.32 Å². The number of thioether (sulfide) groups is 1. The molecule has 0 saturated carbocycles. The summed E-state index contributed by atoms with van der Waals surface area (Å²) in [5.41, 5.74) is 7.22. The van der Waals surface area contributed by atoms with Crippen LogP contribution in [0.3, 0.4) is 0 Å². The molecule has 0 unspecified atom stereocenters. The van der Waals surface area contributed by atoms with Crippen LogP contribution in [0.4, 0.5) is 10.5 Å². The van der Waals surface area contributed by atoms with Crippen molar-refractivity contribution in [2.45, 2.75) is 24.7 Å². The summed E-state index contributed by atoms with van der Waals surface area (Å²) in [5, 5.41) is 2.97. The topological polar surface area (TPSA) is 75.4 Å². The first kappa shape index (κ1) is 15.7. The van der Waals surface area contributed by atoms with E-state index in [0.29, 0.717) is 13.1 Å². The number of rotatable bonds is 3. The van der Waals surface area contributed by atoms with Crippen molar-refractivity contribution in [2.75, 3.05) is 24.7 Å². The summed E-state index contributed by atoms with van der Waals surface area (Å²) >= 11 is 1.60. The zero-order chi connectivity index (χ0) is 15.4. The van der Waals surface area contributed by atoms with Gasteiger partial charge in [0.15, 0.2) is 0 Å². The Morgan fingerprint density at radius 1 is 1.43 bits per heavy atom. The molecule has 114 valence electrons. The Kier molecular flexibility index (Phi) is 5.12. The van der Waals surface area contributed by atoms with Gasteiger partial charge in [0.1, 0.15) is 0 Å². The fraction of sp³-hybridized carbons (Fsp3) is 0.467. The van der Waals surface area contributed by atoms with Crippen molar-refractivity contribution in [3.05, 3.63) is 23.8 Å². The summed E-state index contributed by atoms with van der Waals surface area (Å²) in [6.45, 7) is 3.04. The number of anilines is 1. The molecule has 21 heavy (non-hydrogen) atoms. The molecule has 0 aromatic heterocycles. The maximum absolute atomic E-state index is 12.4. The number of urea groups is 1. The number of amides is 3. The van der Waals surface area contributed by atoms with E-state index in [1.165, 1.54) is 0 Å². The Morgan fingerprint density at radius 2 is 2.19 bits per heavy atom. The van der Waals surface area contributed by atoms with E-state index in [0.717, 1.165) is 29.0 Å². The molecule has 3 N–H and O–H groups in total. The normalized spacial score (nSPS) is 18.4. The minimum Gasteiger partial charge on any atom is -0.369 e. The molecular formula is C15H21N3O2S. The van der Waals surface area contributed by atoms with Gasteiger partial charge in [-0.1, -0.05) is 12.1 Å². The van der Waals surface area contributed by atoms with Gasteiger partial charge in [-0.3, -0.25) is 4.79 Å². The number of likely N-dealkylation sites (tertiary alicyclic amines) is 1. The van der Waals surface area contributed by atoms with E-state index in [1.54, 1.807) is 16.7 Å². The molecule has 0 bridgehead atoms. The van der Waals surface area contributed by atoms with Crippen LogP contribution in [-0.4, -0.2) is 36.2 Å². The Bertz CT molecular complexity index is 548. The van der Waals surface area contributed by atoms with Gasteiger partial charge in [0.2, 0.25) is 5.91 Å². The maximum Gasteiger partial charge on any atom is 0.321 e. The zero-order valence-electron chi connectivity index (χ0n) is 12.4. The van der Waals surface area contributed by atoms with Crippen molar-refractivity contribution < 1.29 is 9.59 Å². The molecule has 3 amide bonds. The van der Waals surface area contributed by atoms with Crippen LogP contribution < -0.4 is 11.1 Å². The Labute approximate surface area is 129 Å². The molecule has 5 nitrogen and oxygen atoms in total. The predicted molar refractivity (Wildman–Crippen MR) is 85.5 cm³/mol. The smallest absolute Gasteiger partial charge is 0.321 e. The highest BCUT2D eigenvalue weighted by atomic mass is 32.2. The van der Waals surface area contributed by atoms with Crippen LogP contribution in [0.15, 0.2) is 23.1 Å². The minimum atomic E-state index is -0.326. The van der Waals surface area contributed by atoms with Gasteiger partial charge in [0, 0.05) is 18.0 Å². The number of benzene rings is 1. The third-order valence-electron chi connectivity index (χ3n) is 3.80. The lowest BCUT2D eigenvalue weighted by Crippen LogP contribution is -2.45. The summed E-state index contributed by atoms with van der Waals surface area (Å²) in [6, 6.07) is 5.76. The molecular weight excluding hydrogens is 286 g/mol. The van der Waals surface area contributed by atoms with Crippen molar-refractivity contribution in [1.29, 1.82) is 0 Å². The number of piperidine rings is 1. The standard InChI is InChI=1S/C15H21N3O2S/c1-10-5-3-7-12(21-2)13(10)17-15(20)18-8-4-6-11(9-18)14(16)19/h3,5,7,11H,4,6,8-9H2,1-2H3,(H2,16,19)(H,17,20)/t11-/m1/s1.